The Morgan fingerprint density at radius 3 is 2.91 bits per heavy atom. The quantitative estimate of drug-likeness (QED) is 0.620. The number of amides is 1. The fourth-order valence-corrected chi connectivity index (χ4v) is 3.43. The van der Waals surface area contributed by atoms with E-state index in [0.29, 0.717) is 17.4 Å². The van der Waals surface area contributed by atoms with Crippen LogP contribution in [-0.4, -0.2) is 26.1 Å². The molecule has 0 bridgehead atoms. The number of carbonyl (C=O) groups excluding carboxylic acids is 1. The number of rotatable bonds is 6. The van der Waals surface area contributed by atoms with Gasteiger partial charge in [-0.05, 0) is 20.3 Å². The smallest absolute Gasteiger partial charge is 0.251 e. The molecular formula is C14H18N4O2S2. The molecule has 6 nitrogen and oxygen atoms in total. The van der Waals surface area contributed by atoms with Gasteiger partial charge >= 0.3 is 0 Å². The molecule has 0 aromatic carbocycles. The molecule has 0 spiro atoms. The van der Waals surface area contributed by atoms with E-state index in [1.165, 1.54) is 17.8 Å². The minimum absolute atomic E-state index is 0.109. The number of aromatic amines is 1. The molecule has 8 heteroatoms. The van der Waals surface area contributed by atoms with Crippen LogP contribution in [0.2, 0.25) is 0 Å². The maximum Gasteiger partial charge on any atom is 0.251 e. The maximum atomic E-state index is 12.1. The standard InChI is InChI=1S/C14H18N4O2S2/c1-4-10-7-21-12(17-10)6-15-13(20)9(3)22-14-16-8(2)5-11(19)18-14/h5,7,9H,4,6H2,1-3H3,(H,15,20)(H,16,18,19)/t9-/m0/s1. The van der Waals surface area contributed by atoms with Crippen molar-refractivity contribution in [3.05, 3.63) is 38.2 Å². The summed E-state index contributed by atoms with van der Waals surface area (Å²) < 4.78 is 0. The van der Waals surface area contributed by atoms with Gasteiger partial charge in [0.2, 0.25) is 5.91 Å². The highest BCUT2D eigenvalue weighted by Gasteiger charge is 2.16. The van der Waals surface area contributed by atoms with Crippen molar-refractivity contribution >= 4 is 29.0 Å². The topological polar surface area (TPSA) is 87.7 Å². The van der Waals surface area contributed by atoms with Gasteiger partial charge in [0, 0.05) is 17.1 Å². The molecule has 118 valence electrons. The molecule has 2 aromatic rings. The molecule has 0 fully saturated rings. The number of aromatic nitrogens is 3. The Morgan fingerprint density at radius 2 is 2.27 bits per heavy atom. The minimum atomic E-state index is -0.351. The van der Waals surface area contributed by atoms with E-state index in [2.05, 4.69) is 20.3 Å². The molecule has 0 radical (unpaired) electrons. The van der Waals surface area contributed by atoms with E-state index < -0.39 is 0 Å². The summed E-state index contributed by atoms with van der Waals surface area (Å²) >= 11 is 2.77. The summed E-state index contributed by atoms with van der Waals surface area (Å²) in [6, 6.07) is 1.42. The van der Waals surface area contributed by atoms with Gasteiger partial charge in [-0.25, -0.2) is 9.97 Å². The number of hydrogen-bond donors (Lipinski definition) is 2. The third kappa shape index (κ3) is 4.67. The van der Waals surface area contributed by atoms with Crippen LogP contribution in [0.4, 0.5) is 0 Å². The summed E-state index contributed by atoms with van der Waals surface area (Å²) in [5.41, 5.74) is 1.46. The molecule has 0 saturated carbocycles. The van der Waals surface area contributed by atoms with Gasteiger partial charge in [0.15, 0.2) is 5.16 Å². The Balaban J connectivity index is 1.90. The van der Waals surface area contributed by atoms with Crippen molar-refractivity contribution in [2.45, 2.75) is 44.1 Å². The molecule has 0 unspecified atom stereocenters. The third-order valence-corrected chi connectivity index (χ3v) is 4.76. The van der Waals surface area contributed by atoms with Gasteiger partial charge in [-0.3, -0.25) is 9.59 Å². The zero-order chi connectivity index (χ0) is 16.1. The van der Waals surface area contributed by atoms with Crippen molar-refractivity contribution in [2.75, 3.05) is 0 Å². The lowest BCUT2D eigenvalue weighted by molar-refractivity contribution is -0.120. The first-order chi connectivity index (χ1) is 10.5. The molecule has 0 aliphatic heterocycles. The molecule has 2 rings (SSSR count). The molecule has 1 amide bonds. The van der Waals surface area contributed by atoms with Crippen LogP contribution in [0.5, 0.6) is 0 Å². The van der Waals surface area contributed by atoms with E-state index in [4.69, 9.17) is 0 Å². The van der Waals surface area contributed by atoms with Crippen molar-refractivity contribution in [1.29, 1.82) is 0 Å². The number of hydrogen-bond acceptors (Lipinski definition) is 6. The summed E-state index contributed by atoms with van der Waals surface area (Å²) in [5.74, 6) is -0.109. The number of nitrogens with zero attached hydrogens (tertiary/aromatic N) is 2. The molecule has 0 aliphatic carbocycles. The highest BCUT2D eigenvalue weighted by Crippen LogP contribution is 2.18. The highest BCUT2D eigenvalue weighted by molar-refractivity contribution is 8.00. The first-order valence-electron chi connectivity index (χ1n) is 6.93. The van der Waals surface area contributed by atoms with Gasteiger partial charge in [-0.1, -0.05) is 18.7 Å². The van der Waals surface area contributed by atoms with Gasteiger partial charge in [0.25, 0.3) is 5.56 Å². The lowest BCUT2D eigenvalue weighted by atomic mass is 10.4. The number of thioether (sulfide) groups is 1. The Hall–Kier alpha value is -1.67. The van der Waals surface area contributed by atoms with Gasteiger partial charge in [0.05, 0.1) is 17.5 Å². The van der Waals surface area contributed by atoms with Crippen LogP contribution in [0.1, 0.15) is 30.2 Å². The van der Waals surface area contributed by atoms with Crippen molar-refractivity contribution in [3.8, 4) is 0 Å². The molecule has 22 heavy (non-hydrogen) atoms. The van der Waals surface area contributed by atoms with E-state index in [0.717, 1.165) is 17.1 Å². The monoisotopic (exact) mass is 338 g/mol. The summed E-state index contributed by atoms with van der Waals surface area (Å²) in [6.45, 7) is 6.00. The van der Waals surface area contributed by atoms with Crippen LogP contribution >= 0.6 is 23.1 Å². The molecule has 2 heterocycles. The first-order valence-corrected chi connectivity index (χ1v) is 8.69. The summed E-state index contributed by atoms with van der Waals surface area (Å²) in [6.07, 6.45) is 0.892. The number of carbonyl (C=O) groups is 1. The summed E-state index contributed by atoms with van der Waals surface area (Å²) in [5, 5.41) is 5.85. The lowest BCUT2D eigenvalue weighted by Gasteiger charge is -2.10. The van der Waals surface area contributed by atoms with Crippen molar-refractivity contribution in [3.63, 3.8) is 0 Å². The van der Waals surface area contributed by atoms with Crippen LogP contribution in [0.25, 0.3) is 0 Å². The van der Waals surface area contributed by atoms with Gasteiger partial charge in [-0.15, -0.1) is 11.3 Å². The van der Waals surface area contributed by atoms with Crippen LogP contribution in [0, 0.1) is 6.92 Å². The zero-order valence-electron chi connectivity index (χ0n) is 12.7. The van der Waals surface area contributed by atoms with Gasteiger partial charge in [0.1, 0.15) is 5.01 Å². The SMILES string of the molecule is CCc1csc(CNC(=O)[C@H](C)Sc2nc(C)cc(=O)[nH]2)n1. The molecule has 1 atom stereocenters. The van der Waals surface area contributed by atoms with Crippen molar-refractivity contribution < 1.29 is 4.79 Å². The minimum Gasteiger partial charge on any atom is -0.349 e. The van der Waals surface area contributed by atoms with Crippen LogP contribution in [0.15, 0.2) is 21.4 Å². The predicted octanol–water partition coefficient (Wildman–Crippen LogP) is 1.89. The molecule has 2 N–H and O–H groups in total. The molecule has 0 saturated heterocycles. The van der Waals surface area contributed by atoms with Crippen molar-refractivity contribution in [1.82, 2.24) is 20.3 Å². The van der Waals surface area contributed by atoms with Crippen molar-refractivity contribution in [2.24, 2.45) is 0 Å². The fourth-order valence-electron chi connectivity index (χ4n) is 1.73. The molecule has 0 aliphatic rings. The van der Waals surface area contributed by atoms with E-state index in [1.807, 2.05) is 12.3 Å². The Labute approximate surface area is 136 Å². The summed E-state index contributed by atoms with van der Waals surface area (Å²) in [7, 11) is 0. The Bertz CT molecular complexity index is 711. The normalized spacial score (nSPS) is 12.1. The summed E-state index contributed by atoms with van der Waals surface area (Å²) in [4.78, 5) is 34.7. The van der Waals surface area contributed by atoms with Gasteiger partial charge in [-0.2, -0.15) is 0 Å². The third-order valence-electron chi connectivity index (χ3n) is 2.88. The second-order valence-corrected chi connectivity index (χ2v) is 7.03. The van der Waals surface area contributed by atoms with E-state index in [1.54, 1.807) is 25.2 Å². The Kier molecular flexibility index (Phi) is 5.73. The average molecular weight is 338 g/mol. The lowest BCUT2D eigenvalue weighted by Crippen LogP contribution is -2.30. The number of nitrogens with one attached hydrogen (secondary N) is 2. The second-order valence-electron chi connectivity index (χ2n) is 4.76. The largest absolute Gasteiger partial charge is 0.349 e. The molecular weight excluding hydrogens is 320 g/mol. The maximum absolute atomic E-state index is 12.1. The van der Waals surface area contributed by atoms with E-state index >= 15 is 0 Å². The zero-order valence-corrected chi connectivity index (χ0v) is 14.3. The van der Waals surface area contributed by atoms with Gasteiger partial charge < -0.3 is 10.3 Å². The second kappa shape index (κ2) is 7.55. The Morgan fingerprint density at radius 1 is 1.50 bits per heavy atom. The number of H-pyrrole nitrogens is 1. The fraction of sp³-hybridized carbons (Fsp3) is 0.429. The number of aryl methyl sites for hydroxylation is 2. The van der Waals surface area contributed by atoms with E-state index in [9.17, 15) is 9.59 Å². The van der Waals surface area contributed by atoms with E-state index in [-0.39, 0.29) is 16.7 Å². The predicted molar refractivity (Wildman–Crippen MR) is 88.3 cm³/mol. The van der Waals surface area contributed by atoms with Crippen LogP contribution in [0.3, 0.4) is 0 Å². The average Bonchev–Trinajstić information content (AvgIpc) is 2.91. The molecule has 2 aromatic heterocycles. The first kappa shape index (κ1) is 16.7. The van der Waals surface area contributed by atoms with Crippen LogP contribution in [-0.2, 0) is 17.8 Å². The number of thiazole rings is 1. The highest BCUT2D eigenvalue weighted by atomic mass is 32.2. The van der Waals surface area contributed by atoms with Crippen LogP contribution < -0.4 is 10.9 Å².